The molecular weight excluding hydrogens is 265 g/mol. The Hall–Kier alpha value is -1.62. The number of halogens is 1. The van der Waals surface area contributed by atoms with Crippen LogP contribution >= 0.6 is 0 Å². The van der Waals surface area contributed by atoms with E-state index in [1.165, 1.54) is 0 Å². The van der Waals surface area contributed by atoms with Gasteiger partial charge < -0.3 is 10.0 Å². The number of aliphatic carboxylic acids is 1. The number of carbonyl (C=O) groups is 2. The number of amides is 1. The van der Waals surface area contributed by atoms with Gasteiger partial charge in [0, 0.05) is 25.3 Å². The van der Waals surface area contributed by atoms with E-state index in [0.717, 1.165) is 4.90 Å². The van der Waals surface area contributed by atoms with Crippen molar-refractivity contribution >= 4 is 22.1 Å². The molecular formula is C10H12FNO5S. The Balaban J connectivity index is 2.78. The van der Waals surface area contributed by atoms with E-state index in [2.05, 4.69) is 5.92 Å². The SMILES string of the molecule is C#CCC(C(=O)O)N1CC(CS(=O)(=O)F)CC1=O. The normalized spacial score (nSPS) is 21.7. The van der Waals surface area contributed by atoms with Gasteiger partial charge in [-0.05, 0) is 0 Å². The second-order valence-electron chi connectivity index (χ2n) is 4.08. The van der Waals surface area contributed by atoms with E-state index in [0.29, 0.717) is 0 Å². The topological polar surface area (TPSA) is 91.8 Å². The molecule has 0 spiro atoms. The number of likely N-dealkylation sites (tertiary alicyclic amines) is 1. The van der Waals surface area contributed by atoms with E-state index in [1.807, 2.05) is 0 Å². The number of rotatable bonds is 5. The number of carboxylic acids is 1. The number of carbonyl (C=O) groups excluding carboxylic acids is 1. The number of carboxylic acid groups (broad SMARTS) is 1. The van der Waals surface area contributed by atoms with Crippen LogP contribution in [0.5, 0.6) is 0 Å². The van der Waals surface area contributed by atoms with E-state index >= 15 is 0 Å². The number of hydrogen-bond acceptors (Lipinski definition) is 4. The van der Waals surface area contributed by atoms with Crippen LogP contribution in [0.3, 0.4) is 0 Å². The maximum absolute atomic E-state index is 12.5. The number of hydrogen-bond donors (Lipinski definition) is 1. The Morgan fingerprint density at radius 3 is 2.72 bits per heavy atom. The molecule has 6 nitrogen and oxygen atoms in total. The van der Waals surface area contributed by atoms with Crippen LogP contribution in [0.4, 0.5) is 3.89 Å². The van der Waals surface area contributed by atoms with E-state index < -0.39 is 39.8 Å². The fraction of sp³-hybridized carbons (Fsp3) is 0.600. The molecule has 2 atom stereocenters. The molecule has 0 aliphatic carbocycles. The predicted octanol–water partition coefficient (Wildman–Crippen LogP) is -0.389. The maximum atomic E-state index is 12.5. The average Bonchev–Trinajstić information content (AvgIpc) is 2.52. The second-order valence-corrected chi connectivity index (χ2v) is 5.50. The summed E-state index contributed by atoms with van der Waals surface area (Å²) in [6.45, 7) is -0.110. The maximum Gasteiger partial charge on any atom is 0.327 e. The van der Waals surface area contributed by atoms with Crippen molar-refractivity contribution in [1.82, 2.24) is 4.90 Å². The molecule has 8 heteroatoms. The monoisotopic (exact) mass is 277 g/mol. The summed E-state index contributed by atoms with van der Waals surface area (Å²) in [5.74, 6) is -1.15. The van der Waals surface area contributed by atoms with Crippen LogP contribution in [0, 0.1) is 18.3 Å². The van der Waals surface area contributed by atoms with E-state index in [1.54, 1.807) is 0 Å². The standard InChI is InChI=1S/C10H12FNO5S/c1-2-3-8(10(14)15)12-5-7(4-9(12)13)6-18(11,16)17/h1,7-8H,3-6H2,(H,14,15). The van der Waals surface area contributed by atoms with Gasteiger partial charge in [-0.2, -0.15) is 8.42 Å². The largest absolute Gasteiger partial charge is 0.480 e. The van der Waals surface area contributed by atoms with Crippen molar-refractivity contribution < 1.29 is 27.0 Å². The summed E-state index contributed by atoms with van der Waals surface area (Å²) in [7, 11) is -4.68. The molecule has 0 saturated carbocycles. The molecule has 1 N–H and O–H groups in total. The lowest BCUT2D eigenvalue weighted by Gasteiger charge is -2.22. The molecule has 2 unspecified atom stereocenters. The van der Waals surface area contributed by atoms with Crippen LogP contribution in [0.25, 0.3) is 0 Å². The zero-order chi connectivity index (χ0) is 13.9. The van der Waals surface area contributed by atoms with Gasteiger partial charge in [0.1, 0.15) is 6.04 Å². The third-order valence-electron chi connectivity index (χ3n) is 2.65. The van der Waals surface area contributed by atoms with Gasteiger partial charge in [0.15, 0.2) is 0 Å². The van der Waals surface area contributed by atoms with Crippen molar-refractivity contribution in [2.24, 2.45) is 5.92 Å². The summed E-state index contributed by atoms with van der Waals surface area (Å²) in [4.78, 5) is 23.5. The Kier molecular flexibility index (Phi) is 4.29. The van der Waals surface area contributed by atoms with Crippen molar-refractivity contribution in [2.45, 2.75) is 18.9 Å². The molecule has 1 heterocycles. The first-order valence-electron chi connectivity index (χ1n) is 5.12. The fourth-order valence-corrected chi connectivity index (χ4v) is 2.73. The molecule has 0 aromatic heterocycles. The summed E-state index contributed by atoms with van der Waals surface area (Å²) in [5, 5.41) is 8.92. The van der Waals surface area contributed by atoms with Gasteiger partial charge in [-0.25, -0.2) is 4.79 Å². The summed E-state index contributed by atoms with van der Waals surface area (Å²) >= 11 is 0. The first-order chi connectivity index (χ1) is 8.24. The Morgan fingerprint density at radius 1 is 1.67 bits per heavy atom. The molecule has 18 heavy (non-hydrogen) atoms. The van der Waals surface area contributed by atoms with Gasteiger partial charge in [0.25, 0.3) is 0 Å². The summed E-state index contributed by atoms with van der Waals surface area (Å²) < 4.78 is 33.5. The van der Waals surface area contributed by atoms with Crippen LogP contribution in [0.1, 0.15) is 12.8 Å². The predicted molar refractivity (Wildman–Crippen MR) is 59.6 cm³/mol. The van der Waals surface area contributed by atoms with Gasteiger partial charge in [-0.3, -0.25) is 4.79 Å². The smallest absolute Gasteiger partial charge is 0.327 e. The number of terminal acetylenes is 1. The molecule has 1 rings (SSSR count). The third kappa shape index (κ3) is 3.70. The first kappa shape index (κ1) is 14.4. The molecule has 100 valence electrons. The summed E-state index contributed by atoms with van der Waals surface area (Å²) in [6.07, 6.45) is 4.66. The molecule has 0 aromatic rings. The third-order valence-corrected chi connectivity index (χ3v) is 3.52. The van der Waals surface area contributed by atoms with Crippen LogP contribution in [0.2, 0.25) is 0 Å². The molecule has 1 aliphatic heterocycles. The average molecular weight is 277 g/mol. The van der Waals surface area contributed by atoms with Gasteiger partial charge in [-0.15, -0.1) is 16.2 Å². The molecule has 0 aromatic carbocycles. The van der Waals surface area contributed by atoms with E-state index in [-0.39, 0.29) is 19.4 Å². The second kappa shape index (κ2) is 5.35. The van der Waals surface area contributed by atoms with Crippen molar-refractivity contribution in [3.63, 3.8) is 0 Å². The Labute approximate surface area is 104 Å². The van der Waals surface area contributed by atoms with Crippen LogP contribution < -0.4 is 0 Å². The highest BCUT2D eigenvalue weighted by molar-refractivity contribution is 7.86. The van der Waals surface area contributed by atoms with Crippen molar-refractivity contribution in [1.29, 1.82) is 0 Å². The first-order valence-corrected chi connectivity index (χ1v) is 6.68. The fourth-order valence-electron chi connectivity index (χ4n) is 1.95. The van der Waals surface area contributed by atoms with E-state index in [9.17, 15) is 21.9 Å². The zero-order valence-electron chi connectivity index (χ0n) is 9.37. The Morgan fingerprint density at radius 2 is 2.28 bits per heavy atom. The minimum absolute atomic E-state index is 0.110. The molecule has 1 saturated heterocycles. The lowest BCUT2D eigenvalue weighted by Crippen LogP contribution is -2.42. The molecule has 0 radical (unpaired) electrons. The van der Waals surface area contributed by atoms with Crippen LogP contribution in [0.15, 0.2) is 0 Å². The van der Waals surface area contributed by atoms with Gasteiger partial charge in [0.05, 0.1) is 5.75 Å². The van der Waals surface area contributed by atoms with Gasteiger partial charge >= 0.3 is 16.2 Å². The van der Waals surface area contributed by atoms with Crippen molar-refractivity contribution in [3.05, 3.63) is 0 Å². The lowest BCUT2D eigenvalue weighted by atomic mass is 10.1. The van der Waals surface area contributed by atoms with Gasteiger partial charge in [-0.1, -0.05) is 0 Å². The summed E-state index contributed by atoms with van der Waals surface area (Å²) in [6, 6.07) is -1.19. The Bertz CT molecular complexity index is 495. The lowest BCUT2D eigenvalue weighted by molar-refractivity contribution is -0.148. The quantitative estimate of drug-likeness (QED) is 0.546. The number of nitrogens with zero attached hydrogens (tertiary/aromatic N) is 1. The summed E-state index contributed by atoms with van der Waals surface area (Å²) in [5.41, 5.74) is 0. The highest BCUT2D eigenvalue weighted by atomic mass is 32.3. The van der Waals surface area contributed by atoms with Gasteiger partial charge in [0.2, 0.25) is 5.91 Å². The minimum Gasteiger partial charge on any atom is -0.480 e. The molecule has 0 bridgehead atoms. The highest BCUT2D eigenvalue weighted by Gasteiger charge is 2.38. The zero-order valence-corrected chi connectivity index (χ0v) is 10.2. The molecule has 1 aliphatic rings. The molecule has 1 amide bonds. The minimum atomic E-state index is -4.68. The van der Waals surface area contributed by atoms with E-state index in [4.69, 9.17) is 11.5 Å². The van der Waals surface area contributed by atoms with Crippen molar-refractivity contribution in [3.8, 4) is 12.3 Å². The van der Waals surface area contributed by atoms with Crippen molar-refractivity contribution in [2.75, 3.05) is 12.3 Å². The van der Waals surface area contributed by atoms with Crippen LogP contribution in [-0.2, 0) is 19.8 Å². The highest BCUT2D eigenvalue weighted by Crippen LogP contribution is 2.23. The molecule has 1 fully saturated rings. The van der Waals surface area contributed by atoms with Crippen LogP contribution in [-0.4, -0.2) is 48.6 Å².